The topological polar surface area (TPSA) is 49.8 Å². The van der Waals surface area contributed by atoms with Crippen LogP contribution in [0.5, 0.6) is 5.75 Å². The fourth-order valence-electron chi connectivity index (χ4n) is 2.05. The summed E-state index contributed by atoms with van der Waals surface area (Å²) in [6, 6.07) is 11.7. The Morgan fingerprint density at radius 1 is 1.29 bits per heavy atom. The van der Waals surface area contributed by atoms with Crippen molar-refractivity contribution < 1.29 is 19.0 Å². The molecule has 0 aliphatic carbocycles. The first-order valence-corrected chi connectivity index (χ1v) is 6.38. The van der Waals surface area contributed by atoms with E-state index in [4.69, 9.17) is 9.84 Å². The van der Waals surface area contributed by atoms with Crippen molar-refractivity contribution in [1.29, 1.82) is 0 Å². The summed E-state index contributed by atoms with van der Waals surface area (Å²) in [5.74, 6) is -1.25. The fraction of sp³-hybridized carbons (Fsp3) is 0.188. The van der Waals surface area contributed by atoms with Crippen LogP contribution in [0, 0.1) is 5.82 Å². The lowest BCUT2D eigenvalue weighted by atomic mass is 10.1. The standard InChI is InChI=1S/C16H16FNO3/c1-18(10-11-4-3-5-13(8-11)21-2)12-6-7-14(16(19)20)15(17)9-12/h3-9H,10H2,1-2H3,(H,19,20). The van der Waals surface area contributed by atoms with E-state index >= 15 is 0 Å². The van der Waals surface area contributed by atoms with Gasteiger partial charge in [-0.25, -0.2) is 9.18 Å². The van der Waals surface area contributed by atoms with E-state index in [1.807, 2.05) is 36.2 Å². The number of nitrogens with zero attached hydrogens (tertiary/aromatic N) is 1. The molecule has 0 saturated heterocycles. The Bertz CT molecular complexity index is 658. The molecule has 0 saturated carbocycles. The first kappa shape index (κ1) is 14.8. The van der Waals surface area contributed by atoms with Crippen LogP contribution in [0.1, 0.15) is 15.9 Å². The van der Waals surface area contributed by atoms with E-state index in [9.17, 15) is 9.18 Å². The molecule has 110 valence electrons. The number of carboxylic acids is 1. The number of aromatic carboxylic acids is 1. The van der Waals surface area contributed by atoms with Crippen LogP contribution in [0.2, 0.25) is 0 Å². The number of methoxy groups -OCH3 is 1. The first-order valence-electron chi connectivity index (χ1n) is 6.38. The highest BCUT2D eigenvalue weighted by atomic mass is 19.1. The number of anilines is 1. The molecule has 0 aromatic heterocycles. The van der Waals surface area contributed by atoms with Crippen molar-refractivity contribution >= 4 is 11.7 Å². The maximum Gasteiger partial charge on any atom is 0.338 e. The summed E-state index contributed by atoms with van der Waals surface area (Å²) in [4.78, 5) is 12.6. The van der Waals surface area contributed by atoms with Gasteiger partial charge in [-0.15, -0.1) is 0 Å². The highest BCUT2D eigenvalue weighted by molar-refractivity contribution is 5.88. The quantitative estimate of drug-likeness (QED) is 0.918. The van der Waals surface area contributed by atoms with E-state index in [0.29, 0.717) is 12.2 Å². The second kappa shape index (κ2) is 6.26. The van der Waals surface area contributed by atoms with E-state index in [0.717, 1.165) is 11.3 Å². The molecular formula is C16H16FNO3. The minimum absolute atomic E-state index is 0.325. The van der Waals surface area contributed by atoms with Gasteiger partial charge in [0.25, 0.3) is 0 Å². The number of carboxylic acid groups (broad SMARTS) is 1. The van der Waals surface area contributed by atoms with Gasteiger partial charge in [0.2, 0.25) is 0 Å². The molecule has 0 spiro atoms. The smallest absolute Gasteiger partial charge is 0.338 e. The van der Waals surface area contributed by atoms with Crippen molar-refractivity contribution in [2.24, 2.45) is 0 Å². The Morgan fingerprint density at radius 2 is 2.05 bits per heavy atom. The maximum absolute atomic E-state index is 13.7. The lowest BCUT2D eigenvalue weighted by molar-refractivity contribution is 0.0692. The van der Waals surface area contributed by atoms with Gasteiger partial charge < -0.3 is 14.7 Å². The molecule has 1 N–H and O–H groups in total. The monoisotopic (exact) mass is 289 g/mol. The SMILES string of the molecule is COc1cccc(CN(C)c2ccc(C(=O)O)c(F)c2)c1. The largest absolute Gasteiger partial charge is 0.497 e. The molecule has 0 fully saturated rings. The Labute approximate surface area is 122 Å². The average Bonchev–Trinajstić information content (AvgIpc) is 2.46. The van der Waals surface area contributed by atoms with Crippen molar-refractivity contribution in [3.63, 3.8) is 0 Å². The van der Waals surface area contributed by atoms with Gasteiger partial charge in [-0.05, 0) is 35.9 Å². The van der Waals surface area contributed by atoms with Gasteiger partial charge in [0.1, 0.15) is 11.6 Å². The van der Waals surface area contributed by atoms with Gasteiger partial charge in [0.05, 0.1) is 12.7 Å². The zero-order chi connectivity index (χ0) is 15.4. The van der Waals surface area contributed by atoms with Crippen molar-refractivity contribution in [2.75, 3.05) is 19.1 Å². The van der Waals surface area contributed by atoms with Crippen molar-refractivity contribution in [1.82, 2.24) is 0 Å². The van der Waals surface area contributed by atoms with E-state index in [2.05, 4.69) is 0 Å². The van der Waals surface area contributed by atoms with E-state index in [1.54, 1.807) is 13.2 Å². The molecule has 0 radical (unpaired) electrons. The molecule has 0 amide bonds. The van der Waals surface area contributed by atoms with Gasteiger partial charge in [-0.3, -0.25) is 0 Å². The second-order valence-corrected chi connectivity index (χ2v) is 4.68. The zero-order valence-electron chi connectivity index (χ0n) is 11.8. The molecule has 4 nitrogen and oxygen atoms in total. The van der Waals surface area contributed by atoms with E-state index < -0.39 is 11.8 Å². The summed E-state index contributed by atoms with van der Waals surface area (Å²) in [5, 5.41) is 8.82. The van der Waals surface area contributed by atoms with Crippen molar-refractivity contribution in [3.05, 3.63) is 59.4 Å². The third-order valence-corrected chi connectivity index (χ3v) is 3.18. The lowest BCUT2D eigenvalue weighted by Gasteiger charge is -2.20. The van der Waals surface area contributed by atoms with Gasteiger partial charge in [-0.1, -0.05) is 12.1 Å². The summed E-state index contributed by atoms with van der Waals surface area (Å²) in [6.07, 6.45) is 0. The van der Waals surface area contributed by atoms with Gasteiger partial charge in [-0.2, -0.15) is 0 Å². The van der Waals surface area contributed by atoms with Crippen molar-refractivity contribution in [2.45, 2.75) is 6.54 Å². The second-order valence-electron chi connectivity index (χ2n) is 4.68. The third-order valence-electron chi connectivity index (χ3n) is 3.18. The van der Waals surface area contributed by atoms with E-state index in [1.165, 1.54) is 12.1 Å². The number of hydrogen-bond acceptors (Lipinski definition) is 3. The zero-order valence-corrected chi connectivity index (χ0v) is 11.8. The molecule has 0 aliphatic heterocycles. The predicted octanol–water partition coefficient (Wildman–Crippen LogP) is 3.17. The third kappa shape index (κ3) is 3.51. The van der Waals surface area contributed by atoms with Gasteiger partial charge in [0.15, 0.2) is 0 Å². The summed E-state index contributed by atoms with van der Waals surface area (Å²) in [7, 11) is 3.41. The Morgan fingerprint density at radius 3 is 2.67 bits per heavy atom. The van der Waals surface area contributed by atoms with Crippen LogP contribution in [-0.2, 0) is 6.54 Å². The van der Waals surface area contributed by atoms with Gasteiger partial charge >= 0.3 is 5.97 Å². The van der Waals surface area contributed by atoms with Crippen LogP contribution in [0.15, 0.2) is 42.5 Å². The Balaban J connectivity index is 2.18. The minimum Gasteiger partial charge on any atom is -0.497 e. The fourth-order valence-corrected chi connectivity index (χ4v) is 2.05. The van der Waals surface area contributed by atoms with Crippen LogP contribution in [0.4, 0.5) is 10.1 Å². The molecule has 21 heavy (non-hydrogen) atoms. The summed E-state index contributed by atoms with van der Waals surface area (Å²) < 4.78 is 18.9. The van der Waals surface area contributed by atoms with Crippen LogP contribution in [0.25, 0.3) is 0 Å². The first-order chi connectivity index (χ1) is 10.0. The summed E-state index contributed by atoms with van der Waals surface area (Å²) in [5.41, 5.74) is 1.30. The number of ether oxygens (including phenoxy) is 1. The molecule has 2 aromatic rings. The van der Waals surface area contributed by atoms with Gasteiger partial charge in [0, 0.05) is 19.3 Å². The van der Waals surface area contributed by atoms with E-state index in [-0.39, 0.29) is 5.56 Å². The van der Waals surface area contributed by atoms with Crippen molar-refractivity contribution in [3.8, 4) is 5.75 Å². The maximum atomic E-state index is 13.7. The number of rotatable bonds is 5. The molecule has 2 rings (SSSR count). The number of benzene rings is 2. The van der Waals surface area contributed by atoms with Crippen LogP contribution >= 0.6 is 0 Å². The number of carbonyl (C=O) groups is 1. The molecule has 5 heteroatoms. The normalized spacial score (nSPS) is 10.2. The highest BCUT2D eigenvalue weighted by Crippen LogP contribution is 2.21. The summed E-state index contributed by atoms with van der Waals surface area (Å²) >= 11 is 0. The molecule has 0 unspecified atom stereocenters. The number of hydrogen-bond donors (Lipinski definition) is 1. The Kier molecular flexibility index (Phi) is 4.42. The molecule has 2 aromatic carbocycles. The molecule has 0 aliphatic rings. The van der Waals surface area contributed by atoms with Crippen LogP contribution in [0.3, 0.4) is 0 Å². The van der Waals surface area contributed by atoms with Crippen LogP contribution in [-0.4, -0.2) is 25.2 Å². The Hall–Kier alpha value is -2.56. The minimum atomic E-state index is -1.27. The molecular weight excluding hydrogens is 273 g/mol. The average molecular weight is 289 g/mol. The van der Waals surface area contributed by atoms with Crippen LogP contribution < -0.4 is 9.64 Å². The molecule has 0 heterocycles. The molecule has 0 atom stereocenters. The summed E-state index contributed by atoms with van der Waals surface area (Å²) in [6.45, 7) is 0.559. The number of halogens is 1. The molecule has 0 bridgehead atoms. The highest BCUT2D eigenvalue weighted by Gasteiger charge is 2.12. The lowest BCUT2D eigenvalue weighted by Crippen LogP contribution is -2.17. The predicted molar refractivity (Wildman–Crippen MR) is 78.5 cm³/mol.